The van der Waals surface area contributed by atoms with E-state index >= 15 is 0 Å². The Bertz CT molecular complexity index is 1890. The molecule has 6 rings (SSSR count). The van der Waals surface area contributed by atoms with Crippen LogP contribution in [0.2, 0.25) is 0 Å². The lowest BCUT2D eigenvalue weighted by molar-refractivity contribution is -0.130. The van der Waals surface area contributed by atoms with E-state index in [1.165, 1.54) is 17.8 Å². The lowest BCUT2D eigenvalue weighted by Gasteiger charge is -2.33. The molecule has 1 unspecified atom stereocenters. The number of ether oxygens (including phenoxy) is 3. The maximum absolute atomic E-state index is 13.8. The van der Waals surface area contributed by atoms with Crippen molar-refractivity contribution < 1.29 is 37.4 Å². The number of benzene rings is 3. The molecule has 262 valence electrons. The molecule has 0 bridgehead atoms. The van der Waals surface area contributed by atoms with E-state index < -0.39 is 23.0 Å². The molecule has 3 aromatic carbocycles. The van der Waals surface area contributed by atoms with E-state index in [0.29, 0.717) is 71.1 Å². The fourth-order valence-corrected chi connectivity index (χ4v) is 6.72. The van der Waals surface area contributed by atoms with E-state index in [1.54, 1.807) is 48.5 Å². The molecule has 0 saturated carbocycles. The summed E-state index contributed by atoms with van der Waals surface area (Å²) in [5.41, 5.74) is 3.91. The number of thioether (sulfide) groups is 1. The van der Waals surface area contributed by atoms with Crippen LogP contribution in [0.15, 0.2) is 66.9 Å². The first-order valence-electron chi connectivity index (χ1n) is 16.0. The van der Waals surface area contributed by atoms with Crippen LogP contribution in [0.4, 0.5) is 24.1 Å². The Morgan fingerprint density at radius 3 is 2.42 bits per heavy atom. The van der Waals surface area contributed by atoms with Gasteiger partial charge in [0, 0.05) is 55.3 Å². The van der Waals surface area contributed by atoms with Gasteiger partial charge in [-0.25, -0.2) is 28.8 Å². The summed E-state index contributed by atoms with van der Waals surface area (Å²) >= 11 is 1.19. The lowest BCUT2D eigenvalue weighted by Crippen LogP contribution is -2.48. The molecule has 1 aromatic heterocycles. The molecule has 4 aromatic rings. The second kappa shape index (κ2) is 15.1. The monoisotopic (exact) mass is 706 g/mol. The Kier molecular flexibility index (Phi) is 10.4. The fourth-order valence-electron chi connectivity index (χ4n) is 5.62. The van der Waals surface area contributed by atoms with Crippen molar-refractivity contribution in [2.45, 2.75) is 44.2 Å². The van der Waals surface area contributed by atoms with Gasteiger partial charge >= 0.3 is 12.1 Å². The molecule has 2 aliphatic rings. The van der Waals surface area contributed by atoms with Crippen LogP contribution in [0.5, 0.6) is 23.0 Å². The topological polar surface area (TPSA) is 134 Å². The third-order valence-corrected chi connectivity index (χ3v) is 9.29. The number of fused-ring (bicyclic) bond motifs is 1. The van der Waals surface area contributed by atoms with Crippen molar-refractivity contribution >= 4 is 46.3 Å². The number of urea groups is 2. The number of halogens is 2. The van der Waals surface area contributed by atoms with Crippen molar-refractivity contribution in [2.24, 2.45) is 0 Å². The Morgan fingerprint density at radius 1 is 0.960 bits per heavy atom. The van der Waals surface area contributed by atoms with E-state index in [0.717, 1.165) is 17.1 Å². The van der Waals surface area contributed by atoms with Gasteiger partial charge in [-0.05, 0) is 67.9 Å². The first-order valence-corrected chi connectivity index (χ1v) is 17.1. The molecule has 15 heteroatoms. The van der Waals surface area contributed by atoms with Crippen LogP contribution in [0.3, 0.4) is 0 Å². The van der Waals surface area contributed by atoms with Crippen LogP contribution in [-0.4, -0.2) is 71.0 Å². The predicted molar refractivity (Wildman–Crippen MR) is 184 cm³/mol. The third kappa shape index (κ3) is 7.94. The highest BCUT2D eigenvalue weighted by Crippen LogP contribution is 2.39. The molecule has 50 heavy (non-hydrogen) atoms. The molecule has 3 N–H and O–H groups in total. The molecule has 2 fully saturated rings. The number of hydrogen-bond donors (Lipinski definition) is 3. The minimum atomic E-state index is -1.04. The molecule has 0 aliphatic carbocycles. The maximum Gasteiger partial charge on any atom is 0.338 e. The Labute approximate surface area is 291 Å². The number of piperidine rings is 1. The number of aromatic nitrogens is 1. The molecule has 0 radical (unpaired) electrons. The minimum Gasteiger partial charge on any atom is -0.493 e. The summed E-state index contributed by atoms with van der Waals surface area (Å²) < 4.78 is 45.4. The van der Waals surface area contributed by atoms with Gasteiger partial charge in [0.25, 0.3) is 5.91 Å². The maximum atomic E-state index is 13.8. The van der Waals surface area contributed by atoms with E-state index in [2.05, 4.69) is 21.0 Å². The average Bonchev–Trinajstić information content (AvgIpc) is 3.45. The number of methoxy groups -OCH3 is 1. The van der Waals surface area contributed by atoms with Crippen molar-refractivity contribution in [2.75, 3.05) is 31.3 Å². The molecule has 2 saturated heterocycles. The van der Waals surface area contributed by atoms with Gasteiger partial charge in [0.05, 0.1) is 18.4 Å². The van der Waals surface area contributed by atoms with Gasteiger partial charge < -0.3 is 29.7 Å². The first-order chi connectivity index (χ1) is 24.1. The SMILES string of the molecule is COc1cc2c(Oc3ccc(NC(=O)NN4C(=O)CSC4c4ccc(F)c(F)c4)cc3)ccnc2cc1OC1CCN(C(=O)NC(C)C)CC1. The smallest absolute Gasteiger partial charge is 0.338 e. The fraction of sp³-hybridized carbons (Fsp3) is 0.314. The Morgan fingerprint density at radius 2 is 1.72 bits per heavy atom. The molecule has 2 aliphatic heterocycles. The number of anilines is 1. The zero-order valence-corrected chi connectivity index (χ0v) is 28.4. The quantitative estimate of drug-likeness (QED) is 0.178. The molecular formula is C35H36F2N6O6S. The zero-order chi connectivity index (χ0) is 35.4. The van der Waals surface area contributed by atoms with Gasteiger partial charge in [-0.2, -0.15) is 0 Å². The second-order valence-corrected chi connectivity index (χ2v) is 13.1. The second-order valence-electron chi connectivity index (χ2n) is 12.0. The number of carbonyl (C=O) groups excluding carboxylic acids is 3. The Balaban J connectivity index is 1.08. The zero-order valence-electron chi connectivity index (χ0n) is 27.6. The van der Waals surface area contributed by atoms with Crippen LogP contribution >= 0.6 is 11.8 Å². The van der Waals surface area contributed by atoms with Crippen molar-refractivity contribution in [3.63, 3.8) is 0 Å². The standard InChI is InChI=1S/C35H36F2N6O6S/c1-20(2)39-35(46)42-14-11-24(12-15-42)49-31-18-28-25(17-30(31)47-3)29(10-13-38-28)48-23-7-5-22(6-8-23)40-34(45)41-43-32(44)19-50-33(43)21-4-9-26(36)27(37)16-21/h4-10,13,16-18,20,24,33H,11-12,14-15,19H2,1-3H3,(H,39,46)(H2,40,41,45). The van der Waals surface area contributed by atoms with Crippen molar-refractivity contribution in [3.8, 4) is 23.0 Å². The van der Waals surface area contributed by atoms with Crippen molar-refractivity contribution in [1.82, 2.24) is 25.6 Å². The number of carbonyl (C=O) groups is 3. The number of pyridine rings is 1. The van der Waals surface area contributed by atoms with E-state index in [4.69, 9.17) is 14.2 Å². The van der Waals surface area contributed by atoms with Gasteiger partial charge in [-0.3, -0.25) is 9.78 Å². The van der Waals surface area contributed by atoms with Gasteiger partial charge in [0.1, 0.15) is 23.0 Å². The first kappa shape index (κ1) is 34.5. The van der Waals surface area contributed by atoms with Crippen molar-refractivity contribution in [1.29, 1.82) is 0 Å². The molecule has 12 nitrogen and oxygen atoms in total. The predicted octanol–water partition coefficient (Wildman–Crippen LogP) is 6.59. The molecular weight excluding hydrogens is 670 g/mol. The summed E-state index contributed by atoms with van der Waals surface area (Å²) in [6, 6.07) is 14.6. The van der Waals surface area contributed by atoms with E-state index in [-0.39, 0.29) is 29.8 Å². The van der Waals surface area contributed by atoms with Gasteiger partial charge in [-0.1, -0.05) is 6.07 Å². The highest BCUT2D eigenvalue weighted by Gasteiger charge is 2.35. The number of amides is 5. The van der Waals surface area contributed by atoms with Crippen molar-refractivity contribution in [3.05, 3.63) is 84.1 Å². The van der Waals surface area contributed by atoms with E-state index in [1.807, 2.05) is 26.0 Å². The summed E-state index contributed by atoms with van der Waals surface area (Å²) in [6.07, 6.45) is 2.91. The Hall–Kier alpha value is -5.31. The number of rotatable bonds is 9. The van der Waals surface area contributed by atoms with E-state index in [9.17, 15) is 23.2 Å². The van der Waals surface area contributed by atoms with Gasteiger partial charge in [0.2, 0.25) is 0 Å². The summed E-state index contributed by atoms with van der Waals surface area (Å²) in [5.74, 6) is -0.268. The number of nitrogens with zero attached hydrogens (tertiary/aromatic N) is 3. The third-order valence-electron chi connectivity index (χ3n) is 8.08. The summed E-state index contributed by atoms with van der Waals surface area (Å²) in [6.45, 7) is 5.04. The summed E-state index contributed by atoms with van der Waals surface area (Å²) in [4.78, 5) is 43.9. The van der Waals surface area contributed by atoms with Crippen LogP contribution in [0, 0.1) is 11.6 Å². The van der Waals surface area contributed by atoms with Gasteiger partial charge in [0.15, 0.2) is 23.1 Å². The largest absolute Gasteiger partial charge is 0.493 e. The van der Waals surface area contributed by atoms with Crippen LogP contribution in [0.1, 0.15) is 37.6 Å². The molecule has 5 amide bonds. The summed E-state index contributed by atoms with van der Waals surface area (Å²) in [7, 11) is 1.56. The number of hydrogen-bond acceptors (Lipinski definition) is 8. The van der Waals surface area contributed by atoms with Crippen LogP contribution in [0.25, 0.3) is 10.9 Å². The number of hydrazine groups is 1. The molecule has 0 spiro atoms. The minimum absolute atomic E-state index is 0.0679. The highest BCUT2D eigenvalue weighted by molar-refractivity contribution is 8.00. The van der Waals surface area contributed by atoms with Crippen LogP contribution in [-0.2, 0) is 4.79 Å². The molecule has 3 heterocycles. The molecule has 1 atom stereocenters. The van der Waals surface area contributed by atoms with Crippen LogP contribution < -0.4 is 30.3 Å². The normalized spacial score (nSPS) is 16.4. The summed E-state index contributed by atoms with van der Waals surface area (Å²) in [5, 5.41) is 6.68. The highest BCUT2D eigenvalue weighted by atomic mass is 32.2. The lowest BCUT2D eigenvalue weighted by atomic mass is 10.1. The van der Waals surface area contributed by atoms with Gasteiger partial charge in [-0.15, -0.1) is 11.8 Å². The number of likely N-dealkylation sites (tertiary alicyclic amines) is 1. The number of nitrogens with one attached hydrogen (secondary N) is 3. The average molecular weight is 707 g/mol.